The van der Waals surface area contributed by atoms with Crippen molar-refractivity contribution in [3.8, 4) is 0 Å². The van der Waals surface area contributed by atoms with E-state index in [1.165, 1.54) is 16.8 Å². The third-order valence-electron chi connectivity index (χ3n) is 2.19. The van der Waals surface area contributed by atoms with E-state index in [2.05, 4.69) is 4.98 Å². The highest BCUT2D eigenvalue weighted by atomic mass is 16.2. The predicted octanol–water partition coefficient (Wildman–Crippen LogP) is -0.704. The van der Waals surface area contributed by atoms with Crippen molar-refractivity contribution in [2.45, 2.75) is 12.5 Å². The number of carbonyl (C=O) groups excluding carboxylic acids is 1. The molecule has 0 saturated heterocycles. The molecule has 1 saturated carbocycles. The zero-order valence-electron chi connectivity index (χ0n) is 6.77. The summed E-state index contributed by atoms with van der Waals surface area (Å²) in [6.07, 6.45) is 2.95. The van der Waals surface area contributed by atoms with Crippen LogP contribution in [0, 0.1) is 5.92 Å². The van der Waals surface area contributed by atoms with Gasteiger partial charge < -0.3 is 4.79 Å². The number of hydrogen-bond donors (Lipinski definition) is 1. The Morgan fingerprint density at radius 1 is 1.54 bits per heavy atom. The fraction of sp³-hybridized carbons (Fsp3) is 0.375. The molecule has 5 heteroatoms. The van der Waals surface area contributed by atoms with E-state index in [1.807, 2.05) is 0 Å². The quantitative estimate of drug-likeness (QED) is 0.611. The zero-order valence-corrected chi connectivity index (χ0v) is 6.77. The van der Waals surface area contributed by atoms with E-state index in [0.29, 0.717) is 6.42 Å². The van der Waals surface area contributed by atoms with Crippen LogP contribution in [0.5, 0.6) is 0 Å². The molecule has 1 fully saturated rings. The van der Waals surface area contributed by atoms with E-state index in [9.17, 15) is 14.4 Å². The van der Waals surface area contributed by atoms with Crippen molar-refractivity contribution >= 4 is 6.29 Å². The Morgan fingerprint density at radius 3 is 2.85 bits per heavy atom. The van der Waals surface area contributed by atoms with Gasteiger partial charge in [-0.1, -0.05) is 0 Å². The molecule has 0 spiro atoms. The Hall–Kier alpha value is -1.65. The van der Waals surface area contributed by atoms with Crippen LogP contribution in [0.4, 0.5) is 0 Å². The Bertz CT molecular complexity index is 445. The molecule has 1 aliphatic carbocycles. The minimum Gasteiger partial charge on any atom is -0.303 e. The second-order valence-corrected chi connectivity index (χ2v) is 3.12. The molecular formula is C8H8N2O3. The lowest BCUT2D eigenvalue weighted by molar-refractivity contribution is -0.109. The van der Waals surface area contributed by atoms with Gasteiger partial charge in [0, 0.05) is 24.2 Å². The van der Waals surface area contributed by atoms with Crippen molar-refractivity contribution in [1.29, 1.82) is 0 Å². The Kier molecular flexibility index (Phi) is 1.65. The van der Waals surface area contributed by atoms with Crippen LogP contribution in [-0.4, -0.2) is 15.8 Å². The van der Waals surface area contributed by atoms with E-state index in [1.54, 1.807) is 0 Å². The van der Waals surface area contributed by atoms with Gasteiger partial charge in [-0.25, -0.2) is 4.79 Å². The molecule has 1 heterocycles. The van der Waals surface area contributed by atoms with E-state index in [0.717, 1.165) is 6.29 Å². The van der Waals surface area contributed by atoms with Gasteiger partial charge in [0.15, 0.2) is 0 Å². The van der Waals surface area contributed by atoms with Crippen molar-refractivity contribution in [2.75, 3.05) is 0 Å². The van der Waals surface area contributed by atoms with Crippen LogP contribution >= 0.6 is 0 Å². The maximum absolute atomic E-state index is 11.2. The first-order valence-corrected chi connectivity index (χ1v) is 3.99. The largest absolute Gasteiger partial charge is 0.328 e. The summed E-state index contributed by atoms with van der Waals surface area (Å²) in [6, 6.07) is 1.23. The maximum atomic E-state index is 11.2. The zero-order chi connectivity index (χ0) is 9.42. The number of nitrogens with one attached hydrogen (secondary N) is 1. The average molecular weight is 180 g/mol. The van der Waals surface area contributed by atoms with E-state index in [-0.39, 0.29) is 12.0 Å². The van der Waals surface area contributed by atoms with Crippen LogP contribution in [-0.2, 0) is 4.79 Å². The van der Waals surface area contributed by atoms with Gasteiger partial charge in [-0.3, -0.25) is 14.3 Å². The van der Waals surface area contributed by atoms with Crippen LogP contribution in [0.25, 0.3) is 0 Å². The smallest absolute Gasteiger partial charge is 0.303 e. The molecule has 68 valence electrons. The molecule has 5 nitrogen and oxygen atoms in total. The summed E-state index contributed by atoms with van der Waals surface area (Å²) < 4.78 is 1.39. The lowest BCUT2D eigenvalue weighted by Gasteiger charge is -1.99. The molecule has 0 aromatic carbocycles. The summed E-state index contributed by atoms with van der Waals surface area (Å²) in [4.78, 5) is 34.4. The van der Waals surface area contributed by atoms with Gasteiger partial charge in [-0.05, 0) is 6.42 Å². The molecule has 0 unspecified atom stereocenters. The molecule has 1 N–H and O–H groups in total. The third-order valence-corrected chi connectivity index (χ3v) is 2.19. The molecule has 0 amide bonds. The molecule has 1 aromatic heterocycles. The Balaban J connectivity index is 2.38. The predicted molar refractivity (Wildman–Crippen MR) is 44.5 cm³/mol. The number of hydrogen-bond acceptors (Lipinski definition) is 3. The SMILES string of the molecule is O=C[C@H]1C[C@H]1n1ccc(=O)[nH]c1=O. The van der Waals surface area contributed by atoms with E-state index < -0.39 is 11.2 Å². The van der Waals surface area contributed by atoms with Crippen LogP contribution in [0.1, 0.15) is 12.5 Å². The molecule has 13 heavy (non-hydrogen) atoms. The topological polar surface area (TPSA) is 71.9 Å². The normalized spacial score (nSPS) is 25.5. The van der Waals surface area contributed by atoms with Crippen LogP contribution in [0.15, 0.2) is 21.9 Å². The first kappa shape index (κ1) is 7.97. The number of rotatable bonds is 2. The Morgan fingerprint density at radius 2 is 2.31 bits per heavy atom. The van der Waals surface area contributed by atoms with E-state index in [4.69, 9.17) is 0 Å². The van der Waals surface area contributed by atoms with Crippen LogP contribution in [0.3, 0.4) is 0 Å². The number of aromatic amines is 1. The van der Waals surface area contributed by atoms with Crippen molar-refractivity contribution < 1.29 is 4.79 Å². The van der Waals surface area contributed by atoms with Crippen molar-refractivity contribution in [3.63, 3.8) is 0 Å². The fourth-order valence-corrected chi connectivity index (χ4v) is 1.35. The Labute approximate surface area is 73.0 Å². The summed E-state index contributed by atoms with van der Waals surface area (Å²) in [5, 5.41) is 0. The van der Waals surface area contributed by atoms with Crippen LogP contribution in [0.2, 0.25) is 0 Å². The molecule has 0 radical (unpaired) electrons. The number of carbonyl (C=O) groups is 1. The minimum absolute atomic E-state index is 0.0538. The van der Waals surface area contributed by atoms with Gasteiger partial charge in [-0.15, -0.1) is 0 Å². The van der Waals surface area contributed by atoms with E-state index >= 15 is 0 Å². The number of H-pyrrole nitrogens is 1. The molecule has 1 aromatic rings. The highest BCUT2D eigenvalue weighted by Gasteiger charge is 2.38. The van der Waals surface area contributed by atoms with Gasteiger partial charge in [0.05, 0.1) is 0 Å². The number of aromatic nitrogens is 2. The number of aldehydes is 1. The highest BCUT2D eigenvalue weighted by Crippen LogP contribution is 2.39. The summed E-state index contributed by atoms with van der Waals surface area (Å²) in [6.45, 7) is 0. The van der Waals surface area contributed by atoms with Crippen molar-refractivity contribution in [1.82, 2.24) is 9.55 Å². The maximum Gasteiger partial charge on any atom is 0.328 e. The van der Waals surface area contributed by atoms with Gasteiger partial charge in [0.25, 0.3) is 5.56 Å². The highest BCUT2D eigenvalue weighted by molar-refractivity contribution is 5.58. The molecule has 2 rings (SSSR count). The summed E-state index contributed by atoms with van der Waals surface area (Å²) >= 11 is 0. The fourth-order valence-electron chi connectivity index (χ4n) is 1.35. The molecule has 0 aliphatic heterocycles. The van der Waals surface area contributed by atoms with Gasteiger partial charge in [-0.2, -0.15) is 0 Å². The van der Waals surface area contributed by atoms with Crippen LogP contribution < -0.4 is 11.2 Å². The number of nitrogens with zero attached hydrogens (tertiary/aromatic N) is 1. The lowest BCUT2D eigenvalue weighted by atomic mass is 10.4. The second-order valence-electron chi connectivity index (χ2n) is 3.12. The minimum atomic E-state index is -0.443. The summed E-state index contributed by atoms with van der Waals surface area (Å²) in [5.41, 5.74) is -0.855. The standard InChI is InChI=1S/C8H8N2O3/c11-4-5-3-6(5)10-2-1-7(12)9-8(10)13/h1-2,4-6H,3H2,(H,9,12,13)/t5-,6-/m1/s1. The molecule has 1 aliphatic rings. The average Bonchev–Trinajstić information content (AvgIpc) is 2.83. The van der Waals surface area contributed by atoms with Gasteiger partial charge in [0.2, 0.25) is 0 Å². The molecular weight excluding hydrogens is 172 g/mol. The second kappa shape index (κ2) is 2.69. The van der Waals surface area contributed by atoms with Crippen molar-refractivity contribution in [2.24, 2.45) is 5.92 Å². The monoisotopic (exact) mass is 180 g/mol. The van der Waals surface area contributed by atoms with Crippen molar-refractivity contribution in [3.05, 3.63) is 33.1 Å². The summed E-state index contributed by atoms with van der Waals surface area (Å²) in [5.74, 6) is -0.0661. The first-order valence-electron chi connectivity index (χ1n) is 3.99. The first-order chi connectivity index (χ1) is 6.22. The molecule has 2 atom stereocenters. The summed E-state index contributed by atoms with van der Waals surface area (Å²) in [7, 11) is 0. The third kappa shape index (κ3) is 1.32. The molecule has 0 bridgehead atoms. The van der Waals surface area contributed by atoms with Gasteiger partial charge in [0.1, 0.15) is 6.29 Å². The lowest BCUT2D eigenvalue weighted by Crippen LogP contribution is -2.28. The van der Waals surface area contributed by atoms with Gasteiger partial charge >= 0.3 is 5.69 Å².